The van der Waals surface area contributed by atoms with E-state index in [-0.39, 0.29) is 5.96 Å². The van der Waals surface area contributed by atoms with Crippen LogP contribution in [0.4, 0.5) is 5.95 Å². The summed E-state index contributed by atoms with van der Waals surface area (Å²) in [6.45, 7) is 1.98. The zero-order valence-corrected chi connectivity index (χ0v) is 9.64. The number of benzene rings is 1. The molecule has 0 saturated carbocycles. The second kappa shape index (κ2) is 3.54. The van der Waals surface area contributed by atoms with Crippen molar-refractivity contribution >= 4 is 38.9 Å². The van der Waals surface area contributed by atoms with Crippen LogP contribution in [0, 0.1) is 12.3 Å². The highest BCUT2D eigenvalue weighted by Gasteiger charge is 2.07. The third-order valence-corrected chi connectivity index (χ3v) is 2.95. The molecule has 2 rings (SSSR count). The van der Waals surface area contributed by atoms with Crippen LogP contribution in [-0.4, -0.2) is 15.9 Å². The highest BCUT2D eigenvalue weighted by atomic mass is 79.9. The van der Waals surface area contributed by atoms with Crippen molar-refractivity contribution in [1.82, 2.24) is 9.97 Å². The fraction of sp³-hybridized carbons (Fsp3) is 0.111. The standard InChI is InChI=1S/C9H10BrN5/c1-4-5(10)2-3-6-7(4)14-9(13-6)15-8(11)12/h2-3H,1H3,(H5,11,12,13,14,15). The predicted molar refractivity (Wildman–Crippen MR) is 64.1 cm³/mol. The summed E-state index contributed by atoms with van der Waals surface area (Å²) in [5.74, 6) is 0.351. The van der Waals surface area contributed by atoms with Crippen molar-refractivity contribution in [3.8, 4) is 0 Å². The largest absolute Gasteiger partial charge is 0.370 e. The molecular formula is C9H10BrN5. The van der Waals surface area contributed by atoms with Crippen LogP contribution < -0.4 is 11.1 Å². The molecule has 0 unspecified atom stereocenters. The molecule has 0 fully saturated rings. The van der Waals surface area contributed by atoms with Crippen molar-refractivity contribution in [2.24, 2.45) is 5.73 Å². The number of fused-ring (bicyclic) bond motifs is 1. The molecule has 0 aliphatic heterocycles. The highest BCUT2D eigenvalue weighted by Crippen LogP contribution is 2.24. The molecule has 0 bridgehead atoms. The van der Waals surface area contributed by atoms with Crippen molar-refractivity contribution in [2.75, 3.05) is 5.32 Å². The summed E-state index contributed by atoms with van der Waals surface area (Å²) in [5.41, 5.74) is 8.06. The minimum Gasteiger partial charge on any atom is -0.370 e. The number of guanidine groups is 1. The van der Waals surface area contributed by atoms with E-state index >= 15 is 0 Å². The van der Waals surface area contributed by atoms with E-state index in [2.05, 4.69) is 31.2 Å². The first kappa shape index (κ1) is 9.97. The number of hydrogen-bond donors (Lipinski definition) is 4. The van der Waals surface area contributed by atoms with Crippen LogP contribution in [0.1, 0.15) is 5.56 Å². The topological polar surface area (TPSA) is 90.6 Å². The van der Waals surface area contributed by atoms with E-state index in [1.807, 2.05) is 19.1 Å². The van der Waals surface area contributed by atoms with Gasteiger partial charge in [0.2, 0.25) is 5.95 Å². The molecule has 2 aromatic rings. The molecule has 5 N–H and O–H groups in total. The van der Waals surface area contributed by atoms with Crippen LogP contribution in [0.3, 0.4) is 0 Å². The Balaban J connectivity index is 2.56. The van der Waals surface area contributed by atoms with Gasteiger partial charge in [-0.15, -0.1) is 0 Å². The molecule has 0 radical (unpaired) electrons. The van der Waals surface area contributed by atoms with Crippen molar-refractivity contribution < 1.29 is 0 Å². The first-order valence-corrected chi connectivity index (χ1v) is 5.13. The van der Waals surface area contributed by atoms with Gasteiger partial charge >= 0.3 is 0 Å². The minimum absolute atomic E-state index is 0.134. The lowest BCUT2D eigenvalue weighted by molar-refractivity contribution is 1.29. The van der Waals surface area contributed by atoms with Crippen molar-refractivity contribution in [3.05, 3.63) is 22.2 Å². The number of anilines is 1. The third kappa shape index (κ3) is 1.80. The quantitative estimate of drug-likeness (QED) is 0.470. The summed E-state index contributed by atoms with van der Waals surface area (Å²) in [7, 11) is 0. The van der Waals surface area contributed by atoms with E-state index in [1.165, 1.54) is 0 Å². The second-order valence-electron chi connectivity index (χ2n) is 3.19. The molecule has 78 valence electrons. The van der Waals surface area contributed by atoms with Crippen LogP contribution >= 0.6 is 15.9 Å². The number of nitrogens with zero attached hydrogens (tertiary/aromatic N) is 1. The molecule has 0 saturated heterocycles. The number of aryl methyl sites for hydroxylation is 1. The second-order valence-corrected chi connectivity index (χ2v) is 4.05. The molecule has 0 aliphatic rings. The zero-order chi connectivity index (χ0) is 11.0. The summed E-state index contributed by atoms with van der Waals surface area (Å²) in [6, 6.07) is 3.87. The van der Waals surface area contributed by atoms with E-state index in [4.69, 9.17) is 11.1 Å². The minimum atomic E-state index is -0.134. The number of imidazole rings is 1. The maximum atomic E-state index is 7.10. The molecule has 1 aromatic heterocycles. The molecule has 0 aliphatic carbocycles. The lowest BCUT2D eigenvalue weighted by atomic mass is 10.2. The monoisotopic (exact) mass is 267 g/mol. The molecule has 6 heteroatoms. The van der Waals surface area contributed by atoms with Gasteiger partial charge in [0.15, 0.2) is 5.96 Å². The molecule has 1 aromatic carbocycles. The van der Waals surface area contributed by atoms with Crippen LogP contribution in [0.2, 0.25) is 0 Å². The number of aromatic nitrogens is 2. The van der Waals surface area contributed by atoms with E-state index in [1.54, 1.807) is 0 Å². The van der Waals surface area contributed by atoms with Gasteiger partial charge in [-0.25, -0.2) is 4.98 Å². The van der Waals surface area contributed by atoms with Crippen molar-refractivity contribution in [1.29, 1.82) is 5.41 Å². The van der Waals surface area contributed by atoms with Gasteiger partial charge in [0.05, 0.1) is 11.0 Å². The Morgan fingerprint density at radius 1 is 1.60 bits per heavy atom. The summed E-state index contributed by atoms with van der Waals surface area (Å²) in [6.07, 6.45) is 0. The smallest absolute Gasteiger partial charge is 0.208 e. The SMILES string of the molecule is Cc1c(Br)ccc2[nH]c(NC(=N)N)nc12. The van der Waals surface area contributed by atoms with Gasteiger partial charge < -0.3 is 10.7 Å². The normalized spacial score (nSPS) is 10.5. The highest BCUT2D eigenvalue weighted by molar-refractivity contribution is 9.10. The number of rotatable bonds is 1. The number of hydrogen-bond acceptors (Lipinski definition) is 2. The number of H-pyrrole nitrogens is 1. The Bertz CT molecular complexity index is 531. The van der Waals surface area contributed by atoms with Gasteiger partial charge in [0.1, 0.15) is 0 Å². The number of aromatic amines is 1. The van der Waals surface area contributed by atoms with E-state index in [0.29, 0.717) is 5.95 Å². The predicted octanol–water partition coefficient (Wildman–Crippen LogP) is 1.94. The van der Waals surface area contributed by atoms with Gasteiger partial charge in [0.25, 0.3) is 0 Å². The van der Waals surface area contributed by atoms with E-state index < -0.39 is 0 Å². The fourth-order valence-corrected chi connectivity index (χ4v) is 1.69. The third-order valence-electron chi connectivity index (χ3n) is 2.09. The van der Waals surface area contributed by atoms with E-state index in [9.17, 15) is 0 Å². The average molecular weight is 268 g/mol. The lowest BCUT2D eigenvalue weighted by Gasteiger charge is -1.96. The first-order chi connectivity index (χ1) is 7.08. The Hall–Kier alpha value is -1.56. The summed E-state index contributed by atoms with van der Waals surface area (Å²) < 4.78 is 1.01. The lowest BCUT2D eigenvalue weighted by Crippen LogP contribution is -2.21. The number of nitrogens with two attached hydrogens (primary N) is 1. The summed E-state index contributed by atoms with van der Waals surface area (Å²) in [5, 5.41) is 9.72. The Morgan fingerprint density at radius 2 is 2.33 bits per heavy atom. The van der Waals surface area contributed by atoms with Gasteiger partial charge in [-0.2, -0.15) is 0 Å². The maximum absolute atomic E-state index is 7.10. The number of nitrogens with one attached hydrogen (secondary N) is 3. The van der Waals surface area contributed by atoms with E-state index in [0.717, 1.165) is 21.1 Å². The molecule has 0 amide bonds. The van der Waals surface area contributed by atoms with Crippen LogP contribution in [0.15, 0.2) is 16.6 Å². The van der Waals surface area contributed by atoms with Gasteiger partial charge in [-0.3, -0.25) is 10.7 Å². The van der Waals surface area contributed by atoms with Crippen LogP contribution in [0.25, 0.3) is 11.0 Å². The van der Waals surface area contributed by atoms with Gasteiger partial charge in [-0.1, -0.05) is 15.9 Å². The Labute approximate surface area is 94.7 Å². The maximum Gasteiger partial charge on any atom is 0.208 e. The summed E-state index contributed by atoms with van der Waals surface area (Å²) in [4.78, 5) is 7.33. The number of halogens is 1. The Kier molecular flexibility index (Phi) is 2.36. The van der Waals surface area contributed by atoms with Gasteiger partial charge in [0, 0.05) is 4.47 Å². The summed E-state index contributed by atoms with van der Waals surface area (Å²) >= 11 is 3.44. The zero-order valence-electron chi connectivity index (χ0n) is 8.06. The molecule has 0 spiro atoms. The van der Waals surface area contributed by atoms with Crippen LogP contribution in [-0.2, 0) is 0 Å². The van der Waals surface area contributed by atoms with Crippen molar-refractivity contribution in [3.63, 3.8) is 0 Å². The first-order valence-electron chi connectivity index (χ1n) is 4.34. The average Bonchev–Trinajstić information content (AvgIpc) is 2.54. The van der Waals surface area contributed by atoms with Crippen LogP contribution in [0.5, 0.6) is 0 Å². The Morgan fingerprint density at radius 3 is 3.00 bits per heavy atom. The van der Waals surface area contributed by atoms with Gasteiger partial charge in [-0.05, 0) is 24.6 Å². The molecule has 5 nitrogen and oxygen atoms in total. The molecule has 0 atom stereocenters. The fourth-order valence-electron chi connectivity index (χ4n) is 1.37. The molecular weight excluding hydrogens is 258 g/mol. The molecule has 1 heterocycles. The molecule has 15 heavy (non-hydrogen) atoms. The van der Waals surface area contributed by atoms with Crippen molar-refractivity contribution in [2.45, 2.75) is 6.92 Å².